The topological polar surface area (TPSA) is 37.0 Å². The smallest absolute Gasteiger partial charge is 0.147 e. The number of rotatable bonds is 5. The van der Waals surface area contributed by atoms with Crippen molar-refractivity contribution in [2.45, 2.75) is 32.2 Å². The van der Waals surface area contributed by atoms with Crippen LogP contribution < -0.4 is 10.6 Å². The van der Waals surface area contributed by atoms with Crippen molar-refractivity contribution in [1.82, 2.24) is 4.98 Å². The number of pyridine rings is 1. The van der Waals surface area contributed by atoms with Crippen molar-refractivity contribution < 1.29 is 0 Å². The number of nitrogens with one attached hydrogen (secondary N) is 2. The van der Waals surface area contributed by atoms with Gasteiger partial charge in [0.25, 0.3) is 0 Å². The minimum absolute atomic E-state index is 0.448. The predicted octanol–water partition coefficient (Wildman–Crippen LogP) is 4.52. The van der Waals surface area contributed by atoms with Crippen molar-refractivity contribution in [2.75, 3.05) is 28.7 Å². The Balaban J connectivity index is 2.09. The molecule has 0 aromatic carbocycles. The summed E-state index contributed by atoms with van der Waals surface area (Å²) in [5.41, 5.74) is 0. The van der Waals surface area contributed by atoms with Crippen LogP contribution in [0.4, 0.5) is 11.6 Å². The second kappa shape index (κ2) is 7.46. The van der Waals surface area contributed by atoms with Gasteiger partial charge in [0.1, 0.15) is 11.6 Å². The van der Waals surface area contributed by atoms with E-state index in [1.807, 2.05) is 11.8 Å². The molecule has 1 aromatic rings. The Labute approximate surface area is 128 Å². The van der Waals surface area contributed by atoms with E-state index in [4.69, 9.17) is 23.2 Å². The van der Waals surface area contributed by atoms with Gasteiger partial charge in [-0.3, -0.25) is 0 Å². The van der Waals surface area contributed by atoms with Crippen LogP contribution in [0.25, 0.3) is 0 Å². The summed E-state index contributed by atoms with van der Waals surface area (Å²) in [5.74, 6) is 3.80. The summed E-state index contributed by atoms with van der Waals surface area (Å²) in [6.07, 6.45) is 3.45. The molecule has 1 aliphatic rings. The molecule has 106 valence electrons. The van der Waals surface area contributed by atoms with E-state index in [-0.39, 0.29) is 0 Å². The highest BCUT2D eigenvalue weighted by Crippen LogP contribution is 2.31. The van der Waals surface area contributed by atoms with Crippen molar-refractivity contribution >= 4 is 46.6 Å². The third kappa shape index (κ3) is 4.33. The SMILES string of the molecule is CCCNc1nc(NC2CCCSC2)c(Cl)cc1Cl. The van der Waals surface area contributed by atoms with Crippen LogP contribution in [-0.2, 0) is 0 Å². The Hall–Kier alpha value is -0.320. The van der Waals surface area contributed by atoms with E-state index in [0.717, 1.165) is 24.5 Å². The van der Waals surface area contributed by atoms with E-state index in [0.29, 0.717) is 21.9 Å². The van der Waals surface area contributed by atoms with E-state index in [9.17, 15) is 0 Å². The van der Waals surface area contributed by atoms with Crippen LogP contribution in [0.1, 0.15) is 26.2 Å². The molecule has 1 fully saturated rings. The van der Waals surface area contributed by atoms with E-state index < -0.39 is 0 Å². The van der Waals surface area contributed by atoms with Gasteiger partial charge in [-0.25, -0.2) is 4.98 Å². The lowest BCUT2D eigenvalue weighted by Crippen LogP contribution is -2.26. The third-order valence-corrected chi connectivity index (χ3v) is 4.76. The lowest BCUT2D eigenvalue weighted by Gasteiger charge is -2.24. The second-order valence-electron chi connectivity index (χ2n) is 4.63. The molecule has 0 radical (unpaired) electrons. The van der Waals surface area contributed by atoms with E-state index >= 15 is 0 Å². The molecule has 19 heavy (non-hydrogen) atoms. The molecule has 2 N–H and O–H groups in total. The zero-order valence-corrected chi connectivity index (χ0v) is 13.3. The van der Waals surface area contributed by atoms with Crippen LogP contribution >= 0.6 is 35.0 Å². The molecule has 2 rings (SSSR count). The summed E-state index contributed by atoms with van der Waals surface area (Å²) >= 11 is 14.3. The monoisotopic (exact) mass is 319 g/mol. The molecule has 1 saturated heterocycles. The van der Waals surface area contributed by atoms with Crippen LogP contribution in [0.15, 0.2) is 6.07 Å². The van der Waals surface area contributed by atoms with Gasteiger partial charge in [0.05, 0.1) is 10.0 Å². The van der Waals surface area contributed by atoms with Gasteiger partial charge in [0.2, 0.25) is 0 Å². The second-order valence-corrected chi connectivity index (χ2v) is 6.60. The van der Waals surface area contributed by atoms with Crippen molar-refractivity contribution in [3.05, 3.63) is 16.1 Å². The quantitative estimate of drug-likeness (QED) is 0.836. The first kappa shape index (κ1) is 15.1. The molecule has 0 amide bonds. The Morgan fingerprint density at radius 1 is 1.37 bits per heavy atom. The zero-order chi connectivity index (χ0) is 13.7. The molecule has 6 heteroatoms. The largest absolute Gasteiger partial charge is 0.369 e. The van der Waals surface area contributed by atoms with E-state index in [1.54, 1.807) is 6.07 Å². The van der Waals surface area contributed by atoms with Crippen molar-refractivity contribution in [2.24, 2.45) is 0 Å². The highest BCUT2D eigenvalue weighted by Gasteiger charge is 2.16. The van der Waals surface area contributed by atoms with Crippen molar-refractivity contribution in [3.63, 3.8) is 0 Å². The summed E-state index contributed by atoms with van der Waals surface area (Å²) in [4.78, 5) is 4.51. The average Bonchev–Trinajstić information content (AvgIpc) is 2.42. The molecule has 1 aromatic heterocycles. The average molecular weight is 320 g/mol. The lowest BCUT2D eigenvalue weighted by molar-refractivity contribution is 0.682. The highest BCUT2D eigenvalue weighted by molar-refractivity contribution is 7.99. The number of aromatic nitrogens is 1. The summed E-state index contributed by atoms with van der Waals surface area (Å²) in [6.45, 7) is 2.96. The molecule has 0 aliphatic carbocycles. The van der Waals surface area contributed by atoms with Gasteiger partial charge in [-0.15, -0.1) is 0 Å². The maximum absolute atomic E-state index is 6.21. The standard InChI is InChI=1S/C13H19Cl2N3S/c1-2-5-16-12-10(14)7-11(15)13(18-12)17-9-4-3-6-19-8-9/h7,9H,2-6,8H2,1H3,(H2,16,17,18). The molecule has 3 nitrogen and oxygen atoms in total. The van der Waals surface area contributed by atoms with Crippen LogP contribution in [0.5, 0.6) is 0 Å². The van der Waals surface area contributed by atoms with Gasteiger partial charge in [0, 0.05) is 18.3 Å². The lowest BCUT2D eigenvalue weighted by atomic mass is 10.2. The minimum atomic E-state index is 0.448. The maximum Gasteiger partial charge on any atom is 0.147 e. The normalized spacial score (nSPS) is 19.2. The van der Waals surface area contributed by atoms with Crippen LogP contribution in [0, 0.1) is 0 Å². The third-order valence-electron chi connectivity index (χ3n) is 2.97. The van der Waals surface area contributed by atoms with Crippen LogP contribution in [0.3, 0.4) is 0 Å². The summed E-state index contributed by atoms with van der Waals surface area (Å²) < 4.78 is 0. The van der Waals surface area contributed by atoms with Gasteiger partial charge < -0.3 is 10.6 Å². The Morgan fingerprint density at radius 3 is 2.84 bits per heavy atom. The molecule has 0 saturated carbocycles. The van der Waals surface area contributed by atoms with E-state index in [2.05, 4.69) is 22.5 Å². The predicted molar refractivity (Wildman–Crippen MR) is 87.0 cm³/mol. The van der Waals surface area contributed by atoms with Crippen molar-refractivity contribution in [3.8, 4) is 0 Å². The molecule has 1 atom stereocenters. The first-order valence-electron chi connectivity index (χ1n) is 6.65. The zero-order valence-electron chi connectivity index (χ0n) is 11.0. The fourth-order valence-corrected chi connectivity index (χ4v) is 3.54. The Kier molecular flexibility index (Phi) is 5.92. The van der Waals surface area contributed by atoms with Crippen LogP contribution in [-0.4, -0.2) is 29.1 Å². The van der Waals surface area contributed by atoms with Gasteiger partial charge in [0.15, 0.2) is 0 Å². The van der Waals surface area contributed by atoms with Gasteiger partial charge >= 0.3 is 0 Å². The van der Waals surface area contributed by atoms with Crippen LogP contribution in [0.2, 0.25) is 10.0 Å². The van der Waals surface area contributed by atoms with E-state index in [1.165, 1.54) is 18.6 Å². The highest BCUT2D eigenvalue weighted by atomic mass is 35.5. The number of hydrogen-bond acceptors (Lipinski definition) is 4. The number of hydrogen-bond donors (Lipinski definition) is 2. The van der Waals surface area contributed by atoms with Gasteiger partial charge in [-0.2, -0.15) is 11.8 Å². The molecule has 0 spiro atoms. The first-order chi connectivity index (χ1) is 9.20. The fraction of sp³-hybridized carbons (Fsp3) is 0.615. The molecular formula is C13H19Cl2N3S. The molecule has 1 aliphatic heterocycles. The Bertz CT molecular complexity index is 423. The van der Waals surface area contributed by atoms with Crippen molar-refractivity contribution in [1.29, 1.82) is 0 Å². The van der Waals surface area contributed by atoms with Gasteiger partial charge in [-0.05, 0) is 31.1 Å². The number of halogens is 2. The maximum atomic E-state index is 6.21. The fourth-order valence-electron chi connectivity index (χ4n) is 1.98. The Morgan fingerprint density at radius 2 is 2.16 bits per heavy atom. The van der Waals surface area contributed by atoms with Gasteiger partial charge in [-0.1, -0.05) is 30.1 Å². The molecule has 2 heterocycles. The summed E-state index contributed by atoms with van der Waals surface area (Å²) in [6, 6.07) is 2.20. The summed E-state index contributed by atoms with van der Waals surface area (Å²) in [7, 11) is 0. The molecular weight excluding hydrogens is 301 g/mol. The summed E-state index contributed by atoms with van der Waals surface area (Å²) in [5, 5.41) is 7.81. The minimum Gasteiger partial charge on any atom is -0.369 e. The first-order valence-corrected chi connectivity index (χ1v) is 8.56. The number of nitrogens with zero attached hydrogens (tertiary/aromatic N) is 1. The number of anilines is 2. The number of thioether (sulfide) groups is 1. The molecule has 0 bridgehead atoms. The molecule has 1 unspecified atom stereocenters.